The van der Waals surface area contributed by atoms with Crippen LogP contribution in [0, 0.1) is 0 Å². The number of amides is 1. The van der Waals surface area contributed by atoms with Crippen molar-refractivity contribution in [3.63, 3.8) is 0 Å². The molecule has 4 heteroatoms. The summed E-state index contributed by atoms with van der Waals surface area (Å²) in [5.74, 6) is 0.0544. The fraction of sp³-hybridized carbons (Fsp3) is 0.353. The van der Waals surface area contributed by atoms with Crippen LogP contribution in [0.4, 0.5) is 0 Å². The van der Waals surface area contributed by atoms with Crippen LogP contribution in [-0.2, 0) is 16.0 Å². The summed E-state index contributed by atoms with van der Waals surface area (Å²) >= 11 is 0. The average Bonchev–Trinajstić information content (AvgIpc) is 2.54. The Morgan fingerprint density at radius 3 is 2.95 bits per heavy atom. The van der Waals surface area contributed by atoms with E-state index in [4.69, 9.17) is 4.74 Å². The fourth-order valence-corrected chi connectivity index (χ4v) is 2.67. The van der Waals surface area contributed by atoms with Crippen LogP contribution in [-0.4, -0.2) is 38.3 Å². The SMILES string of the molecule is O=C(Cc1cccc2ccccc12)NCC1COCCN1. The summed E-state index contributed by atoms with van der Waals surface area (Å²) in [6.07, 6.45) is 0.412. The van der Waals surface area contributed by atoms with Crippen LogP contribution in [0.2, 0.25) is 0 Å². The number of carbonyl (C=O) groups excluding carboxylic acids is 1. The topological polar surface area (TPSA) is 50.4 Å². The first-order chi connectivity index (χ1) is 10.3. The van der Waals surface area contributed by atoms with Crippen molar-refractivity contribution < 1.29 is 9.53 Å². The highest BCUT2D eigenvalue weighted by molar-refractivity contribution is 5.90. The third-order valence-corrected chi connectivity index (χ3v) is 3.78. The van der Waals surface area contributed by atoms with E-state index in [1.807, 2.05) is 24.3 Å². The minimum atomic E-state index is 0.0544. The zero-order chi connectivity index (χ0) is 14.5. The summed E-state index contributed by atoms with van der Waals surface area (Å²) in [5.41, 5.74) is 1.07. The molecular weight excluding hydrogens is 264 g/mol. The van der Waals surface area contributed by atoms with E-state index in [0.717, 1.165) is 24.1 Å². The molecule has 110 valence electrons. The summed E-state index contributed by atoms with van der Waals surface area (Å²) in [7, 11) is 0. The molecule has 1 fully saturated rings. The number of nitrogens with one attached hydrogen (secondary N) is 2. The van der Waals surface area contributed by atoms with Gasteiger partial charge in [0, 0.05) is 19.1 Å². The van der Waals surface area contributed by atoms with Gasteiger partial charge in [-0.3, -0.25) is 4.79 Å². The smallest absolute Gasteiger partial charge is 0.224 e. The van der Waals surface area contributed by atoms with Crippen LogP contribution in [0.15, 0.2) is 42.5 Å². The number of hydrogen-bond acceptors (Lipinski definition) is 3. The van der Waals surface area contributed by atoms with Crippen LogP contribution >= 0.6 is 0 Å². The second kappa shape index (κ2) is 6.70. The molecule has 4 nitrogen and oxygen atoms in total. The molecule has 0 radical (unpaired) electrons. The average molecular weight is 284 g/mol. The van der Waals surface area contributed by atoms with Crippen molar-refractivity contribution in [3.05, 3.63) is 48.0 Å². The van der Waals surface area contributed by atoms with Crippen molar-refractivity contribution >= 4 is 16.7 Å². The van der Waals surface area contributed by atoms with Gasteiger partial charge in [0.25, 0.3) is 0 Å². The number of ether oxygens (including phenoxy) is 1. The highest BCUT2D eigenvalue weighted by Crippen LogP contribution is 2.18. The maximum absolute atomic E-state index is 12.1. The van der Waals surface area contributed by atoms with Crippen LogP contribution < -0.4 is 10.6 Å². The molecule has 0 aromatic heterocycles. The molecule has 21 heavy (non-hydrogen) atoms. The van der Waals surface area contributed by atoms with Gasteiger partial charge >= 0.3 is 0 Å². The normalized spacial score (nSPS) is 18.6. The van der Waals surface area contributed by atoms with Gasteiger partial charge in [-0.15, -0.1) is 0 Å². The van der Waals surface area contributed by atoms with Crippen LogP contribution in [0.25, 0.3) is 10.8 Å². The van der Waals surface area contributed by atoms with Crippen LogP contribution in [0.3, 0.4) is 0 Å². The lowest BCUT2D eigenvalue weighted by atomic mass is 10.0. The first-order valence-corrected chi connectivity index (χ1v) is 7.37. The summed E-state index contributed by atoms with van der Waals surface area (Å²) in [5, 5.41) is 8.63. The van der Waals surface area contributed by atoms with E-state index in [1.54, 1.807) is 0 Å². The third kappa shape index (κ3) is 3.60. The number of rotatable bonds is 4. The standard InChI is InChI=1S/C17H20N2O2/c20-17(19-11-15-12-21-9-8-18-15)10-14-6-3-5-13-4-1-2-7-16(13)14/h1-7,15,18H,8-12H2,(H,19,20). The Morgan fingerprint density at radius 1 is 1.24 bits per heavy atom. The van der Waals surface area contributed by atoms with E-state index >= 15 is 0 Å². The molecule has 0 saturated carbocycles. The number of carbonyl (C=O) groups is 1. The second-order valence-electron chi connectivity index (χ2n) is 5.35. The maximum atomic E-state index is 12.1. The van der Waals surface area contributed by atoms with Gasteiger partial charge in [-0.25, -0.2) is 0 Å². The van der Waals surface area contributed by atoms with E-state index < -0.39 is 0 Å². The first-order valence-electron chi connectivity index (χ1n) is 7.37. The minimum Gasteiger partial charge on any atom is -0.378 e. The molecular formula is C17H20N2O2. The van der Waals surface area contributed by atoms with Crippen molar-refractivity contribution in [2.24, 2.45) is 0 Å². The van der Waals surface area contributed by atoms with E-state index in [9.17, 15) is 4.79 Å². The molecule has 1 aliphatic rings. The molecule has 1 aliphatic heterocycles. The van der Waals surface area contributed by atoms with Gasteiger partial charge in [-0.1, -0.05) is 42.5 Å². The zero-order valence-electron chi connectivity index (χ0n) is 12.0. The zero-order valence-corrected chi connectivity index (χ0v) is 12.0. The monoisotopic (exact) mass is 284 g/mol. The quantitative estimate of drug-likeness (QED) is 0.894. The Morgan fingerprint density at radius 2 is 2.10 bits per heavy atom. The molecule has 1 unspecified atom stereocenters. The Hall–Kier alpha value is -1.91. The molecule has 0 aliphatic carbocycles. The summed E-state index contributed by atoms with van der Waals surface area (Å²) < 4.78 is 5.38. The molecule has 1 atom stereocenters. The largest absolute Gasteiger partial charge is 0.378 e. The first kappa shape index (κ1) is 14.0. The van der Waals surface area contributed by atoms with Gasteiger partial charge in [-0.05, 0) is 16.3 Å². The minimum absolute atomic E-state index is 0.0544. The van der Waals surface area contributed by atoms with E-state index in [-0.39, 0.29) is 11.9 Å². The van der Waals surface area contributed by atoms with Crippen molar-refractivity contribution in [1.29, 1.82) is 0 Å². The highest BCUT2D eigenvalue weighted by Gasteiger charge is 2.14. The molecule has 2 N–H and O–H groups in total. The molecule has 2 aromatic carbocycles. The van der Waals surface area contributed by atoms with Crippen molar-refractivity contribution in [2.45, 2.75) is 12.5 Å². The molecule has 1 saturated heterocycles. The summed E-state index contributed by atoms with van der Waals surface area (Å²) in [6, 6.07) is 14.5. The van der Waals surface area contributed by atoms with E-state index in [0.29, 0.717) is 19.6 Å². The van der Waals surface area contributed by atoms with Gasteiger partial charge in [0.15, 0.2) is 0 Å². The van der Waals surface area contributed by atoms with Gasteiger partial charge in [0.2, 0.25) is 5.91 Å². The molecule has 0 spiro atoms. The van der Waals surface area contributed by atoms with Crippen molar-refractivity contribution in [2.75, 3.05) is 26.3 Å². The number of fused-ring (bicyclic) bond motifs is 1. The Kier molecular flexibility index (Phi) is 4.48. The lowest BCUT2D eigenvalue weighted by Crippen LogP contribution is -2.48. The lowest BCUT2D eigenvalue weighted by molar-refractivity contribution is -0.120. The maximum Gasteiger partial charge on any atom is 0.224 e. The van der Waals surface area contributed by atoms with E-state index in [2.05, 4.69) is 28.8 Å². The van der Waals surface area contributed by atoms with Crippen LogP contribution in [0.1, 0.15) is 5.56 Å². The summed E-state index contributed by atoms with van der Waals surface area (Å²) in [4.78, 5) is 12.1. The molecule has 1 amide bonds. The highest BCUT2D eigenvalue weighted by atomic mass is 16.5. The number of morpholine rings is 1. The Bertz CT molecular complexity index is 616. The van der Waals surface area contributed by atoms with Gasteiger partial charge in [0.05, 0.1) is 19.6 Å². The molecule has 3 rings (SSSR count). The number of hydrogen-bond donors (Lipinski definition) is 2. The van der Waals surface area contributed by atoms with Crippen molar-refractivity contribution in [3.8, 4) is 0 Å². The van der Waals surface area contributed by atoms with Crippen LogP contribution in [0.5, 0.6) is 0 Å². The van der Waals surface area contributed by atoms with E-state index in [1.165, 1.54) is 5.39 Å². The molecule has 2 aromatic rings. The Labute approximate surface area is 124 Å². The van der Waals surface area contributed by atoms with Gasteiger partial charge in [-0.2, -0.15) is 0 Å². The fourth-order valence-electron chi connectivity index (χ4n) is 2.67. The molecule has 0 bridgehead atoms. The van der Waals surface area contributed by atoms with Gasteiger partial charge < -0.3 is 15.4 Å². The number of benzene rings is 2. The predicted molar refractivity (Wildman–Crippen MR) is 83.3 cm³/mol. The van der Waals surface area contributed by atoms with Crippen molar-refractivity contribution in [1.82, 2.24) is 10.6 Å². The summed E-state index contributed by atoms with van der Waals surface area (Å²) in [6.45, 7) is 2.88. The predicted octanol–water partition coefficient (Wildman–Crippen LogP) is 1.49. The lowest BCUT2D eigenvalue weighted by Gasteiger charge is -2.23. The second-order valence-corrected chi connectivity index (χ2v) is 5.35. The Balaban J connectivity index is 1.61. The third-order valence-electron chi connectivity index (χ3n) is 3.78. The molecule has 1 heterocycles. The van der Waals surface area contributed by atoms with Gasteiger partial charge in [0.1, 0.15) is 0 Å².